The second-order valence-electron chi connectivity index (χ2n) is 4.43. The van der Waals surface area contributed by atoms with Crippen LogP contribution in [0.4, 0.5) is 5.69 Å². The van der Waals surface area contributed by atoms with Crippen LogP contribution in [0.25, 0.3) is 0 Å². The number of primary amides is 1. The number of nitrogens with one attached hydrogen (secondary N) is 1. The Morgan fingerprint density at radius 3 is 2.70 bits per heavy atom. The van der Waals surface area contributed by atoms with Crippen LogP contribution in [0.3, 0.4) is 0 Å². The molecule has 0 fully saturated rings. The van der Waals surface area contributed by atoms with Gasteiger partial charge in [-0.3, -0.25) is 9.59 Å². The Labute approximate surface area is 118 Å². The lowest BCUT2D eigenvalue weighted by Crippen LogP contribution is -2.25. The van der Waals surface area contributed by atoms with E-state index >= 15 is 0 Å². The molecule has 0 unspecified atom stereocenters. The van der Waals surface area contributed by atoms with E-state index in [0.717, 1.165) is 6.42 Å². The summed E-state index contributed by atoms with van der Waals surface area (Å²) in [5, 5.41) is 2.70. The highest BCUT2D eigenvalue weighted by molar-refractivity contribution is 5.95. The largest absolute Gasteiger partial charge is 0.491 e. The fourth-order valence-electron chi connectivity index (χ4n) is 1.60. The zero-order valence-corrected chi connectivity index (χ0v) is 11.6. The van der Waals surface area contributed by atoms with Gasteiger partial charge < -0.3 is 21.5 Å². The smallest absolute Gasteiger partial charge is 0.251 e. The molecule has 0 aliphatic rings. The molecule has 0 aromatic heterocycles. The summed E-state index contributed by atoms with van der Waals surface area (Å²) in [6.07, 6.45) is 1.67. The lowest BCUT2D eigenvalue weighted by atomic mass is 10.1. The summed E-state index contributed by atoms with van der Waals surface area (Å²) in [5.74, 6) is -0.0266. The first kappa shape index (κ1) is 15.8. The first-order valence-corrected chi connectivity index (χ1v) is 6.63. The number of rotatable bonds is 8. The molecule has 0 spiro atoms. The number of anilines is 1. The van der Waals surface area contributed by atoms with E-state index in [2.05, 4.69) is 5.32 Å². The Morgan fingerprint density at radius 2 is 2.10 bits per heavy atom. The molecule has 0 saturated heterocycles. The van der Waals surface area contributed by atoms with Crippen LogP contribution in [-0.2, 0) is 4.79 Å². The summed E-state index contributed by atoms with van der Waals surface area (Å²) < 4.78 is 5.44. The molecule has 1 aromatic carbocycles. The van der Waals surface area contributed by atoms with Crippen molar-refractivity contribution in [3.8, 4) is 5.75 Å². The maximum atomic E-state index is 11.8. The third kappa shape index (κ3) is 5.17. The second-order valence-corrected chi connectivity index (χ2v) is 4.43. The molecule has 0 atom stereocenters. The average molecular weight is 279 g/mol. The maximum absolute atomic E-state index is 11.8. The van der Waals surface area contributed by atoms with Crippen LogP contribution < -0.4 is 21.5 Å². The van der Waals surface area contributed by atoms with Crippen molar-refractivity contribution in [2.24, 2.45) is 5.73 Å². The zero-order valence-electron chi connectivity index (χ0n) is 11.6. The van der Waals surface area contributed by atoms with Gasteiger partial charge in [0, 0.05) is 18.5 Å². The van der Waals surface area contributed by atoms with Crippen LogP contribution in [-0.4, -0.2) is 25.0 Å². The molecule has 1 rings (SSSR count). The number of nitrogen functional groups attached to an aromatic ring is 1. The van der Waals surface area contributed by atoms with Gasteiger partial charge in [0.05, 0.1) is 12.3 Å². The number of nitrogens with two attached hydrogens (primary N) is 2. The van der Waals surface area contributed by atoms with E-state index in [4.69, 9.17) is 16.2 Å². The normalized spacial score (nSPS) is 10.1. The van der Waals surface area contributed by atoms with Gasteiger partial charge in [-0.05, 0) is 31.0 Å². The molecule has 110 valence electrons. The molecule has 0 heterocycles. The van der Waals surface area contributed by atoms with E-state index in [0.29, 0.717) is 36.6 Å². The van der Waals surface area contributed by atoms with Crippen LogP contribution in [0.5, 0.6) is 5.75 Å². The lowest BCUT2D eigenvalue weighted by molar-refractivity contribution is -0.118. The highest BCUT2D eigenvalue weighted by atomic mass is 16.5. The lowest BCUT2D eigenvalue weighted by Gasteiger charge is -2.10. The van der Waals surface area contributed by atoms with Crippen molar-refractivity contribution in [2.75, 3.05) is 18.9 Å². The summed E-state index contributed by atoms with van der Waals surface area (Å²) >= 11 is 0. The molecular weight excluding hydrogens is 258 g/mol. The van der Waals surface area contributed by atoms with Crippen molar-refractivity contribution in [2.45, 2.75) is 26.2 Å². The molecule has 1 aromatic rings. The number of benzene rings is 1. The average Bonchev–Trinajstić information content (AvgIpc) is 2.41. The van der Waals surface area contributed by atoms with E-state index in [1.165, 1.54) is 0 Å². The van der Waals surface area contributed by atoms with E-state index in [1.807, 2.05) is 6.92 Å². The van der Waals surface area contributed by atoms with Crippen molar-refractivity contribution in [3.63, 3.8) is 0 Å². The van der Waals surface area contributed by atoms with E-state index < -0.39 is 0 Å². The predicted molar refractivity (Wildman–Crippen MR) is 77.4 cm³/mol. The topological polar surface area (TPSA) is 107 Å². The Bertz CT molecular complexity index is 475. The molecule has 5 N–H and O–H groups in total. The van der Waals surface area contributed by atoms with Crippen molar-refractivity contribution in [3.05, 3.63) is 23.8 Å². The van der Waals surface area contributed by atoms with Crippen molar-refractivity contribution < 1.29 is 14.3 Å². The van der Waals surface area contributed by atoms with Gasteiger partial charge in [-0.2, -0.15) is 0 Å². The minimum absolute atomic E-state index is 0.233. The van der Waals surface area contributed by atoms with Gasteiger partial charge in [0.2, 0.25) is 5.91 Å². The molecule has 0 aliphatic carbocycles. The Hall–Kier alpha value is -2.24. The Morgan fingerprint density at radius 1 is 1.35 bits per heavy atom. The summed E-state index contributed by atoms with van der Waals surface area (Å²) in [5.41, 5.74) is 11.7. The van der Waals surface area contributed by atoms with Gasteiger partial charge in [-0.1, -0.05) is 6.92 Å². The number of hydrogen-bond acceptors (Lipinski definition) is 4. The molecule has 20 heavy (non-hydrogen) atoms. The second kappa shape index (κ2) is 8.04. The molecule has 0 aliphatic heterocycles. The fourth-order valence-corrected chi connectivity index (χ4v) is 1.60. The Balaban J connectivity index is 2.52. The minimum atomic E-state index is -0.374. The van der Waals surface area contributed by atoms with Crippen LogP contribution in [0.2, 0.25) is 0 Å². The molecular formula is C14H21N3O3. The first-order chi connectivity index (χ1) is 9.54. The van der Waals surface area contributed by atoms with Crippen molar-refractivity contribution in [1.82, 2.24) is 5.32 Å². The summed E-state index contributed by atoms with van der Waals surface area (Å²) in [7, 11) is 0. The number of amides is 2. The van der Waals surface area contributed by atoms with Crippen LogP contribution in [0.15, 0.2) is 18.2 Å². The van der Waals surface area contributed by atoms with Gasteiger partial charge in [-0.15, -0.1) is 0 Å². The molecule has 0 bridgehead atoms. The third-order valence-electron chi connectivity index (χ3n) is 2.62. The minimum Gasteiger partial charge on any atom is -0.491 e. The van der Waals surface area contributed by atoms with Crippen LogP contribution in [0.1, 0.15) is 36.5 Å². The monoisotopic (exact) mass is 279 g/mol. The van der Waals surface area contributed by atoms with Gasteiger partial charge in [0.15, 0.2) is 0 Å². The molecule has 0 radical (unpaired) electrons. The first-order valence-electron chi connectivity index (χ1n) is 6.63. The van der Waals surface area contributed by atoms with E-state index in [9.17, 15) is 9.59 Å². The number of carbonyl (C=O) groups excluding carboxylic acids is 2. The summed E-state index contributed by atoms with van der Waals surface area (Å²) in [4.78, 5) is 22.4. The zero-order chi connectivity index (χ0) is 15.0. The fraction of sp³-hybridized carbons (Fsp3) is 0.429. The SMILES string of the molecule is CCCOc1ccc(C(=O)NCCCC(N)=O)cc1N. The van der Waals surface area contributed by atoms with Crippen molar-refractivity contribution >= 4 is 17.5 Å². The van der Waals surface area contributed by atoms with E-state index in [1.54, 1.807) is 18.2 Å². The summed E-state index contributed by atoms with van der Waals surface area (Å²) in [6.45, 7) is 2.99. The van der Waals surface area contributed by atoms with Gasteiger partial charge in [0.1, 0.15) is 5.75 Å². The van der Waals surface area contributed by atoms with Gasteiger partial charge in [-0.25, -0.2) is 0 Å². The Kier molecular flexibility index (Phi) is 6.36. The van der Waals surface area contributed by atoms with Gasteiger partial charge in [0.25, 0.3) is 5.91 Å². The number of ether oxygens (including phenoxy) is 1. The number of carbonyl (C=O) groups is 2. The maximum Gasteiger partial charge on any atom is 0.251 e. The highest BCUT2D eigenvalue weighted by Crippen LogP contribution is 2.22. The third-order valence-corrected chi connectivity index (χ3v) is 2.62. The van der Waals surface area contributed by atoms with E-state index in [-0.39, 0.29) is 18.2 Å². The number of hydrogen-bond donors (Lipinski definition) is 3. The highest BCUT2D eigenvalue weighted by Gasteiger charge is 2.08. The standard InChI is InChI=1S/C14H21N3O3/c1-2-8-20-12-6-5-10(9-11(12)15)14(19)17-7-3-4-13(16)18/h5-6,9H,2-4,7-8,15H2,1H3,(H2,16,18)(H,17,19). The van der Waals surface area contributed by atoms with Crippen LogP contribution >= 0.6 is 0 Å². The van der Waals surface area contributed by atoms with Crippen molar-refractivity contribution in [1.29, 1.82) is 0 Å². The quantitative estimate of drug-likeness (QED) is 0.488. The molecule has 0 saturated carbocycles. The molecule has 2 amide bonds. The summed E-state index contributed by atoms with van der Waals surface area (Å²) in [6, 6.07) is 4.92. The van der Waals surface area contributed by atoms with Crippen LogP contribution in [0, 0.1) is 0 Å². The predicted octanol–water partition coefficient (Wildman–Crippen LogP) is 1.05. The van der Waals surface area contributed by atoms with Gasteiger partial charge >= 0.3 is 0 Å². The molecule has 6 nitrogen and oxygen atoms in total. The molecule has 6 heteroatoms.